The van der Waals surface area contributed by atoms with Gasteiger partial charge in [0.25, 0.3) is 0 Å². The predicted molar refractivity (Wildman–Crippen MR) is 93.0 cm³/mol. The van der Waals surface area contributed by atoms with E-state index in [1.54, 1.807) is 0 Å². The molecule has 4 rings (SSSR count). The van der Waals surface area contributed by atoms with E-state index in [0.29, 0.717) is 5.92 Å². The topological polar surface area (TPSA) is 27.1 Å². The van der Waals surface area contributed by atoms with Gasteiger partial charge >= 0.3 is 0 Å². The smallest absolute Gasteiger partial charge is 0.119 e. The summed E-state index contributed by atoms with van der Waals surface area (Å²) in [5.74, 6) is 2.88. The van der Waals surface area contributed by atoms with Crippen molar-refractivity contribution in [2.75, 3.05) is 6.61 Å². The summed E-state index contributed by atoms with van der Waals surface area (Å²) in [6.45, 7) is 3.80. The average Bonchev–Trinajstić information content (AvgIpc) is 3.35. The molecular weight excluding hydrogens is 284 g/mol. The molecular formula is C20H22N2O. The first-order chi connectivity index (χ1) is 11.3. The minimum Gasteiger partial charge on any atom is -0.494 e. The van der Waals surface area contributed by atoms with Crippen LogP contribution in [0.1, 0.15) is 36.6 Å². The van der Waals surface area contributed by atoms with Crippen molar-refractivity contribution in [2.45, 2.75) is 38.6 Å². The largest absolute Gasteiger partial charge is 0.494 e. The monoisotopic (exact) mass is 306 g/mol. The molecule has 0 radical (unpaired) electrons. The highest BCUT2D eigenvalue weighted by molar-refractivity contribution is 5.76. The van der Waals surface area contributed by atoms with Crippen LogP contribution in [-0.4, -0.2) is 16.2 Å². The van der Waals surface area contributed by atoms with Gasteiger partial charge in [-0.25, -0.2) is 4.98 Å². The first-order valence-electron chi connectivity index (χ1n) is 8.46. The summed E-state index contributed by atoms with van der Waals surface area (Å²) in [7, 11) is 0. The second-order valence-corrected chi connectivity index (χ2v) is 6.40. The molecule has 0 aliphatic heterocycles. The molecule has 0 bridgehead atoms. The minimum atomic E-state index is 0.667. The Morgan fingerprint density at radius 2 is 1.87 bits per heavy atom. The van der Waals surface area contributed by atoms with Crippen molar-refractivity contribution in [1.82, 2.24) is 9.55 Å². The van der Waals surface area contributed by atoms with Crippen LogP contribution in [0.25, 0.3) is 11.0 Å². The Balaban J connectivity index is 1.43. The molecule has 1 saturated carbocycles. The van der Waals surface area contributed by atoms with Crippen molar-refractivity contribution >= 4 is 11.0 Å². The van der Waals surface area contributed by atoms with Gasteiger partial charge in [-0.15, -0.1) is 0 Å². The molecule has 1 aromatic heterocycles. The minimum absolute atomic E-state index is 0.667. The highest BCUT2D eigenvalue weighted by atomic mass is 16.5. The van der Waals surface area contributed by atoms with Crippen molar-refractivity contribution < 1.29 is 4.74 Å². The Morgan fingerprint density at radius 1 is 1.09 bits per heavy atom. The molecule has 118 valence electrons. The molecule has 1 heterocycles. The Kier molecular flexibility index (Phi) is 3.78. The van der Waals surface area contributed by atoms with Crippen LogP contribution in [0.5, 0.6) is 5.75 Å². The number of imidazole rings is 1. The van der Waals surface area contributed by atoms with Gasteiger partial charge in [0.1, 0.15) is 11.6 Å². The zero-order valence-electron chi connectivity index (χ0n) is 13.5. The van der Waals surface area contributed by atoms with Gasteiger partial charge in [0, 0.05) is 12.5 Å². The lowest BCUT2D eigenvalue weighted by Gasteiger charge is -2.10. The number of ether oxygens (including phenoxy) is 1. The Bertz CT molecular complexity index is 800. The molecule has 0 unspecified atom stereocenters. The number of benzene rings is 2. The Hall–Kier alpha value is -2.29. The Morgan fingerprint density at radius 3 is 2.65 bits per heavy atom. The van der Waals surface area contributed by atoms with Gasteiger partial charge in [0.05, 0.1) is 17.6 Å². The maximum atomic E-state index is 5.85. The number of nitrogens with zero attached hydrogens (tertiary/aromatic N) is 2. The van der Waals surface area contributed by atoms with E-state index in [9.17, 15) is 0 Å². The fourth-order valence-electron chi connectivity index (χ4n) is 3.03. The van der Waals surface area contributed by atoms with E-state index < -0.39 is 0 Å². The fourth-order valence-corrected chi connectivity index (χ4v) is 3.03. The van der Waals surface area contributed by atoms with Gasteiger partial charge in [-0.2, -0.15) is 0 Å². The Labute approximate surface area is 136 Å². The highest BCUT2D eigenvalue weighted by Crippen LogP contribution is 2.40. The van der Waals surface area contributed by atoms with Gasteiger partial charge in [-0.3, -0.25) is 0 Å². The van der Waals surface area contributed by atoms with Crippen molar-refractivity contribution in [1.29, 1.82) is 0 Å². The molecule has 1 aliphatic carbocycles. The normalized spacial score (nSPS) is 14.3. The van der Waals surface area contributed by atoms with E-state index in [2.05, 4.69) is 47.9 Å². The number of para-hydroxylation sites is 2. The summed E-state index contributed by atoms with van der Waals surface area (Å²) >= 11 is 0. The average molecular weight is 306 g/mol. The summed E-state index contributed by atoms with van der Waals surface area (Å²) in [5.41, 5.74) is 3.63. The third kappa shape index (κ3) is 3.09. The standard InChI is InChI=1S/C20H22N2O/c1-15-7-11-17(12-8-15)23-14-4-13-22-19-6-3-2-5-18(19)21-20(22)16-9-10-16/h2-3,5-8,11-12,16H,4,9-10,13-14H2,1H3. The van der Waals surface area contributed by atoms with Gasteiger partial charge in [-0.05, 0) is 50.5 Å². The molecule has 0 saturated heterocycles. The van der Waals surface area contributed by atoms with Crippen molar-refractivity contribution in [3.05, 3.63) is 59.9 Å². The maximum Gasteiger partial charge on any atom is 0.119 e. The van der Waals surface area contributed by atoms with Gasteiger partial charge in [0.2, 0.25) is 0 Å². The molecule has 0 N–H and O–H groups in total. The van der Waals surface area contributed by atoms with Crippen molar-refractivity contribution in [3.63, 3.8) is 0 Å². The summed E-state index contributed by atoms with van der Waals surface area (Å²) in [5, 5.41) is 0. The number of hydrogen-bond donors (Lipinski definition) is 0. The van der Waals surface area contributed by atoms with E-state index in [1.807, 2.05) is 12.1 Å². The third-order valence-corrected chi connectivity index (χ3v) is 4.44. The number of hydrogen-bond acceptors (Lipinski definition) is 2. The van der Waals surface area contributed by atoms with Crippen LogP contribution >= 0.6 is 0 Å². The zero-order chi connectivity index (χ0) is 15.6. The number of aryl methyl sites for hydroxylation is 2. The second kappa shape index (κ2) is 6.07. The molecule has 0 amide bonds. The first kappa shape index (κ1) is 14.3. The zero-order valence-corrected chi connectivity index (χ0v) is 13.5. The van der Waals surface area contributed by atoms with Crippen LogP contribution in [0, 0.1) is 6.92 Å². The van der Waals surface area contributed by atoms with E-state index in [0.717, 1.165) is 30.8 Å². The fraction of sp³-hybridized carbons (Fsp3) is 0.350. The van der Waals surface area contributed by atoms with Gasteiger partial charge < -0.3 is 9.30 Å². The molecule has 3 heteroatoms. The third-order valence-electron chi connectivity index (χ3n) is 4.44. The lowest BCUT2D eigenvalue weighted by molar-refractivity contribution is 0.301. The summed E-state index contributed by atoms with van der Waals surface area (Å²) in [4.78, 5) is 4.84. The predicted octanol–water partition coefficient (Wildman–Crippen LogP) is 4.69. The lowest BCUT2D eigenvalue weighted by atomic mass is 10.2. The molecule has 0 atom stereocenters. The molecule has 23 heavy (non-hydrogen) atoms. The van der Waals surface area contributed by atoms with E-state index >= 15 is 0 Å². The van der Waals surface area contributed by atoms with Gasteiger partial charge in [-0.1, -0.05) is 29.8 Å². The molecule has 2 aromatic carbocycles. The van der Waals surface area contributed by atoms with Crippen LogP contribution in [-0.2, 0) is 6.54 Å². The van der Waals surface area contributed by atoms with Crippen LogP contribution in [0.3, 0.4) is 0 Å². The maximum absolute atomic E-state index is 5.85. The van der Waals surface area contributed by atoms with Gasteiger partial charge in [0.15, 0.2) is 0 Å². The molecule has 3 nitrogen and oxygen atoms in total. The summed E-state index contributed by atoms with van der Waals surface area (Å²) in [6, 6.07) is 16.7. The molecule has 1 aliphatic rings. The summed E-state index contributed by atoms with van der Waals surface area (Å²) < 4.78 is 8.25. The number of aromatic nitrogens is 2. The van der Waals surface area contributed by atoms with Crippen LogP contribution < -0.4 is 4.74 Å². The number of fused-ring (bicyclic) bond motifs is 1. The molecule has 3 aromatic rings. The van der Waals surface area contributed by atoms with Crippen LogP contribution in [0.15, 0.2) is 48.5 Å². The first-order valence-corrected chi connectivity index (χ1v) is 8.46. The van der Waals surface area contributed by atoms with E-state index in [-0.39, 0.29) is 0 Å². The summed E-state index contributed by atoms with van der Waals surface area (Å²) in [6.07, 6.45) is 3.56. The molecule has 0 spiro atoms. The SMILES string of the molecule is Cc1ccc(OCCCn2c(C3CC3)nc3ccccc32)cc1. The van der Waals surface area contributed by atoms with E-state index in [1.165, 1.54) is 29.7 Å². The number of rotatable bonds is 6. The molecule has 1 fully saturated rings. The van der Waals surface area contributed by atoms with E-state index in [4.69, 9.17) is 9.72 Å². The van der Waals surface area contributed by atoms with Crippen molar-refractivity contribution in [3.8, 4) is 5.75 Å². The highest BCUT2D eigenvalue weighted by Gasteiger charge is 2.29. The quantitative estimate of drug-likeness (QED) is 0.618. The van der Waals surface area contributed by atoms with Crippen LogP contribution in [0.2, 0.25) is 0 Å². The van der Waals surface area contributed by atoms with Crippen molar-refractivity contribution in [2.24, 2.45) is 0 Å². The second-order valence-electron chi connectivity index (χ2n) is 6.40. The van der Waals surface area contributed by atoms with Crippen LogP contribution in [0.4, 0.5) is 0 Å². The lowest BCUT2D eigenvalue weighted by Crippen LogP contribution is -2.07.